The molecule has 9 heteroatoms. The van der Waals surface area contributed by atoms with Crippen LogP contribution in [0.2, 0.25) is 0 Å². The molecule has 0 saturated carbocycles. The number of hydrogen-bond donors (Lipinski definition) is 1. The average Bonchev–Trinajstić information content (AvgIpc) is 3.35. The highest BCUT2D eigenvalue weighted by Gasteiger charge is 2.22. The zero-order valence-corrected chi connectivity index (χ0v) is 15.7. The zero-order chi connectivity index (χ0) is 21.4. The number of carbonyl (C=O) groups is 1. The standard InChI is InChI=1S/C21H14F3N5O/c1-11-2-3-12(7-25)18(22)17(11)20(30)28-15-5-4-13-8-26-19(16(13)6-15)14-9-27-29(10-14)21(23)24/h2-6,9-10,21H,8H2,1H3,(H,28,30). The van der Waals surface area contributed by atoms with Crippen molar-refractivity contribution in [2.45, 2.75) is 20.0 Å². The second kappa shape index (κ2) is 7.48. The lowest BCUT2D eigenvalue weighted by atomic mass is 10.0. The Bertz CT molecular complexity index is 1240. The number of anilines is 1. The first kappa shape index (κ1) is 19.4. The maximum absolute atomic E-state index is 14.5. The fourth-order valence-electron chi connectivity index (χ4n) is 3.31. The third-order valence-corrected chi connectivity index (χ3v) is 4.80. The second-order valence-corrected chi connectivity index (χ2v) is 6.71. The molecule has 0 spiro atoms. The highest BCUT2D eigenvalue weighted by atomic mass is 19.3. The predicted octanol–water partition coefficient (Wildman–Crippen LogP) is 4.20. The molecule has 4 rings (SSSR count). The molecule has 2 aromatic carbocycles. The summed E-state index contributed by atoms with van der Waals surface area (Å²) in [5, 5.41) is 15.3. The van der Waals surface area contributed by atoms with E-state index in [9.17, 15) is 18.0 Å². The van der Waals surface area contributed by atoms with Gasteiger partial charge in [0.25, 0.3) is 5.91 Å². The first-order valence-corrected chi connectivity index (χ1v) is 8.90. The summed E-state index contributed by atoms with van der Waals surface area (Å²) in [6.07, 6.45) is 2.51. The van der Waals surface area contributed by atoms with Gasteiger partial charge in [-0.2, -0.15) is 19.1 Å². The normalized spacial score (nSPS) is 12.5. The van der Waals surface area contributed by atoms with Gasteiger partial charge in [0.2, 0.25) is 0 Å². The monoisotopic (exact) mass is 409 g/mol. The van der Waals surface area contributed by atoms with Gasteiger partial charge in [-0.1, -0.05) is 12.1 Å². The molecule has 1 aliphatic rings. The number of nitrogens with zero attached hydrogens (tertiary/aromatic N) is 4. The molecule has 0 fully saturated rings. The Hall–Kier alpha value is -3.93. The summed E-state index contributed by atoms with van der Waals surface area (Å²) in [5.74, 6) is -1.57. The van der Waals surface area contributed by atoms with E-state index in [1.54, 1.807) is 31.2 Å². The fraction of sp³-hybridized carbons (Fsp3) is 0.143. The van der Waals surface area contributed by atoms with Crippen LogP contribution in [0.1, 0.15) is 44.7 Å². The van der Waals surface area contributed by atoms with Crippen molar-refractivity contribution in [3.63, 3.8) is 0 Å². The summed E-state index contributed by atoms with van der Waals surface area (Å²) in [6.45, 7) is -0.808. The molecule has 0 atom stereocenters. The van der Waals surface area contributed by atoms with Crippen LogP contribution in [-0.4, -0.2) is 21.4 Å². The van der Waals surface area contributed by atoms with Crippen molar-refractivity contribution < 1.29 is 18.0 Å². The van der Waals surface area contributed by atoms with Crippen LogP contribution in [0.4, 0.5) is 18.9 Å². The summed E-state index contributed by atoms with van der Waals surface area (Å²) in [6, 6.07) is 9.60. The number of benzene rings is 2. The number of halogens is 3. The van der Waals surface area contributed by atoms with E-state index in [1.807, 2.05) is 0 Å². The van der Waals surface area contributed by atoms with Crippen LogP contribution in [-0.2, 0) is 6.54 Å². The average molecular weight is 409 g/mol. The molecule has 150 valence electrons. The molecule has 0 radical (unpaired) electrons. The number of fused-ring (bicyclic) bond motifs is 1. The molecule has 0 unspecified atom stereocenters. The van der Waals surface area contributed by atoms with Crippen LogP contribution in [0.5, 0.6) is 0 Å². The summed E-state index contributed by atoms with van der Waals surface area (Å²) < 4.78 is 40.6. The number of nitrogens with one attached hydrogen (secondary N) is 1. The minimum Gasteiger partial charge on any atom is -0.322 e. The Labute approximate surface area is 169 Å². The molecular weight excluding hydrogens is 395 g/mol. The van der Waals surface area contributed by atoms with Crippen LogP contribution in [0.25, 0.3) is 0 Å². The van der Waals surface area contributed by atoms with Crippen LogP contribution in [0, 0.1) is 24.1 Å². The maximum Gasteiger partial charge on any atom is 0.333 e. The molecule has 2 heterocycles. The van der Waals surface area contributed by atoms with E-state index < -0.39 is 18.3 Å². The van der Waals surface area contributed by atoms with Crippen LogP contribution < -0.4 is 5.32 Å². The first-order valence-electron chi connectivity index (χ1n) is 8.90. The third-order valence-electron chi connectivity index (χ3n) is 4.80. The van der Waals surface area contributed by atoms with Crippen molar-refractivity contribution >= 4 is 17.3 Å². The predicted molar refractivity (Wildman–Crippen MR) is 103 cm³/mol. The van der Waals surface area contributed by atoms with Crippen molar-refractivity contribution in [2.75, 3.05) is 5.32 Å². The molecule has 1 aromatic heterocycles. The number of aromatic nitrogens is 2. The Morgan fingerprint density at radius 2 is 2.10 bits per heavy atom. The van der Waals surface area contributed by atoms with Gasteiger partial charge >= 0.3 is 6.55 Å². The lowest BCUT2D eigenvalue weighted by Gasteiger charge is -2.11. The van der Waals surface area contributed by atoms with E-state index in [-0.39, 0.29) is 11.1 Å². The summed E-state index contributed by atoms with van der Waals surface area (Å²) in [4.78, 5) is 17.1. The molecule has 0 bridgehead atoms. The number of hydrogen-bond acceptors (Lipinski definition) is 4. The molecular formula is C21H14F3N5O. The lowest BCUT2D eigenvalue weighted by Crippen LogP contribution is -2.16. The summed E-state index contributed by atoms with van der Waals surface area (Å²) in [7, 11) is 0. The maximum atomic E-state index is 14.5. The SMILES string of the molecule is Cc1ccc(C#N)c(F)c1C(=O)Nc1ccc2c(c1)C(c1cnn(C(F)F)c1)=NC2. The van der Waals surface area contributed by atoms with Crippen LogP contribution >= 0.6 is 0 Å². The quantitative estimate of drug-likeness (QED) is 0.701. The van der Waals surface area contributed by atoms with Crippen molar-refractivity contribution in [3.05, 3.63) is 81.9 Å². The van der Waals surface area contributed by atoms with Crippen LogP contribution in [0.15, 0.2) is 47.7 Å². The van der Waals surface area contributed by atoms with Gasteiger partial charge in [-0.05, 0) is 36.2 Å². The molecule has 1 amide bonds. The number of carbonyl (C=O) groups excluding carboxylic acids is 1. The van der Waals surface area contributed by atoms with E-state index in [0.29, 0.717) is 39.3 Å². The summed E-state index contributed by atoms with van der Waals surface area (Å²) >= 11 is 0. The van der Waals surface area contributed by atoms with E-state index in [4.69, 9.17) is 5.26 Å². The van der Waals surface area contributed by atoms with Gasteiger partial charge in [0.05, 0.1) is 29.6 Å². The Kier molecular flexibility index (Phi) is 4.83. The number of aryl methyl sites for hydroxylation is 1. The number of alkyl halides is 2. The zero-order valence-electron chi connectivity index (χ0n) is 15.7. The van der Waals surface area contributed by atoms with E-state index in [0.717, 1.165) is 5.56 Å². The van der Waals surface area contributed by atoms with Crippen LogP contribution in [0.3, 0.4) is 0 Å². The molecule has 1 aliphatic heterocycles. The molecule has 0 aliphatic carbocycles. The number of amides is 1. The molecule has 6 nitrogen and oxygen atoms in total. The van der Waals surface area contributed by atoms with Gasteiger partial charge in [-0.25, -0.2) is 9.07 Å². The van der Waals surface area contributed by atoms with Gasteiger partial charge in [0.15, 0.2) is 5.82 Å². The smallest absolute Gasteiger partial charge is 0.322 e. The number of nitriles is 1. The topological polar surface area (TPSA) is 83.1 Å². The minimum atomic E-state index is -2.76. The minimum absolute atomic E-state index is 0.207. The van der Waals surface area contributed by atoms with E-state index >= 15 is 0 Å². The van der Waals surface area contributed by atoms with Crippen molar-refractivity contribution in [1.29, 1.82) is 5.26 Å². The number of aliphatic imine (C=N–C) groups is 1. The van der Waals surface area contributed by atoms with Gasteiger partial charge in [0.1, 0.15) is 6.07 Å². The largest absolute Gasteiger partial charge is 0.333 e. The fourth-order valence-corrected chi connectivity index (χ4v) is 3.31. The van der Waals surface area contributed by atoms with Gasteiger partial charge < -0.3 is 5.32 Å². The van der Waals surface area contributed by atoms with Gasteiger partial charge in [-0.3, -0.25) is 9.79 Å². The summed E-state index contributed by atoms with van der Waals surface area (Å²) in [5.41, 5.74) is 2.81. The highest BCUT2D eigenvalue weighted by Crippen LogP contribution is 2.27. The third kappa shape index (κ3) is 3.33. The lowest BCUT2D eigenvalue weighted by molar-refractivity contribution is 0.0566. The van der Waals surface area contributed by atoms with E-state index in [1.165, 1.54) is 24.5 Å². The Balaban J connectivity index is 1.64. The van der Waals surface area contributed by atoms with Crippen molar-refractivity contribution in [3.8, 4) is 6.07 Å². The Morgan fingerprint density at radius 3 is 2.80 bits per heavy atom. The first-order chi connectivity index (χ1) is 14.4. The molecule has 0 saturated heterocycles. The van der Waals surface area contributed by atoms with Gasteiger partial charge in [0, 0.05) is 23.0 Å². The highest BCUT2D eigenvalue weighted by molar-refractivity contribution is 6.16. The molecule has 3 aromatic rings. The van der Waals surface area contributed by atoms with Crippen molar-refractivity contribution in [1.82, 2.24) is 9.78 Å². The number of rotatable bonds is 4. The second-order valence-electron chi connectivity index (χ2n) is 6.71. The molecule has 30 heavy (non-hydrogen) atoms. The molecule has 1 N–H and O–H groups in total. The Morgan fingerprint density at radius 1 is 1.30 bits per heavy atom. The van der Waals surface area contributed by atoms with Gasteiger partial charge in [-0.15, -0.1) is 0 Å². The van der Waals surface area contributed by atoms with E-state index in [2.05, 4.69) is 15.4 Å². The van der Waals surface area contributed by atoms with Crippen molar-refractivity contribution in [2.24, 2.45) is 4.99 Å².